The topological polar surface area (TPSA) is 91.4 Å². The molecule has 0 bridgehead atoms. The van der Waals surface area contributed by atoms with Gasteiger partial charge in [0.15, 0.2) is 5.82 Å². The number of pyridine rings is 1. The summed E-state index contributed by atoms with van der Waals surface area (Å²) in [5.41, 5.74) is 1.62. The van der Waals surface area contributed by atoms with Crippen LogP contribution in [0.15, 0.2) is 29.2 Å². The maximum absolute atomic E-state index is 12.6. The summed E-state index contributed by atoms with van der Waals surface area (Å²) in [5, 5.41) is 0. The van der Waals surface area contributed by atoms with Crippen LogP contribution >= 0.6 is 0 Å². The summed E-state index contributed by atoms with van der Waals surface area (Å²) in [5.74, 6) is 0.498. The number of nitrogens with zero attached hydrogens (tertiary/aromatic N) is 4. The average Bonchev–Trinajstić information content (AvgIpc) is 3.15. The Morgan fingerprint density at radius 2 is 2.13 bits per heavy atom. The molecule has 1 unspecified atom stereocenters. The smallest absolute Gasteiger partial charge is 0.410 e. The van der Waals surface area contributed by atoms with Gasteiger partial charge in [-0.05, 0) is 52.2 Å². The molecule has 160 valence electrons. The summed E-state index contributed by atoms with van der Waals surface area (Å²) in [4.78, 5) is 41.2. The number of fused-ring (bicyclic) bond motifs is 1. The summed E-state index contributed by atoms with van der Waals surface area (Å²) in [6.45, 7) is 8.52. The van der Waals surface area contributed by atoms with Gasteiger partial charge in [-0.2, -0.15) is 0 Å². The summed E-state index contributed by atoms with van der Waals surface area (Å²) in [6.07, 6.45) is 4.04. The molecule has 1 fully saturated rings. The Bertz CT molecular complexity index is 967. The van der Waals surface area contributed by atoms with Crippen molar-refractivity contribution in [1.82, 2.24) is 24.8 Å². The molecular weight excluding hydrogens is 382 g/mol. The SMILES string of the molecule is CC(C)(C)OC(=O)N1CCCC1CN1CCc2c(nc(-c3ccccn3)[nH]c2=O)C1. The number of aromatic nitrogens is 3. The van der Waals surface area contributed by atoms with E-state index in [9.17, 15) is 9.59 Å². The van der Waals surface area contributed by atoms with Crippen molar-refractivity contribution in [1.29, 1.82) is 0 Å². The molecule has 2 aromatic rings. The van der Waals surface area contributed by atoms with Crippen LogP contribution in [0.2, 0.25) is 0 Å². The highest BCUT2D eigenvalue weighted by Crippen LogP contribution is 2.24. The van der Waals surface area contributed by atoms with Gasteiger partial charge in [0.25, 0.3) is 5.56 Å². The minimum Gasteiger partial charge on any atom is -0.444 e. The monoisotopic (exact) mass is 411 g/mol. The molecule has 8 nitrogen and oxygen atoms in total. The molecule has 30 heavy (non-hydrogen) atoms. The molecule has 0 aliphatic carbocycles. The highest BCUT2D eigenvalue weighted by Gasteiger charge is 2.34. The molecule has 0 radical (unpaired) electrons. The molecule has 1 atom stereocenters. The second kappa shape index (κ2) is 8.18. The van der Waals surface area contributed by atoms with Crippen molar-refractivity contribution in [3.05, 3.63) is 46.0 Å². The number of H-pyrrole nitrogens is 1. The lowest BCUT2D eigenvalue weighted by atomic mass is 10.1. The van der Waals surface area contributed by atoms with Crippen molar-refractivity contribution >= 4 is 6.09 Å². The lowest BCUT2D eigenvalue weighted by Crippen LogP contribution is -2.46. The summed E-state index contributed by atoms with van der Waals surface area (Å²) >= 11 is 0. The van der Waals surface area contributed by atoms with E-state index in [1.54, 1.807) is 6.20 Å². The number of rotatable bonds is 3. The van der Waals surface area contributed by atoms with Crippen molar-refractivity contribution < 1.29 is 9.53 Å². The van der Waals surface area contributed by atoms with Gasteiger partial charge in [0.05, 0.1) is 5.69 Å². The predicted octanol–water partition coefficient (Wildman–Crippen LogP) is 2.59. The number of hydrogen-bond donors (Lipinski definition) is 1. The van der Waals surface area contributed by atoms with Crippen molar-refractivity contribution in [2.45, 2.75) is 58.2 Å². The first-order valence-corrected chi connectivity index (χ1v) is 10.6. The maximum Gasteiger partial charge on any atom is 0.410 e. The number of nitrogens with one attached hydrogen (secondary N) is 1. The van der Waals surface area contributed by atoms with E-state index in [-0.39, 0.29) is 17.7 Å². The Morgan fingerprint density at radius 1 is 1.30 bits per heavy atom. The molecule has 0 saturated carbocycles. The van der Waals surface area contributed by atoms with E-state index in [0.29, 0.717) is 24.5 Å². The van der Waals surface area contributed by atoms with Crippen LogP contribution in [-0.2, 0) is 17.7 Å². The molecular formula is C22H29N5O3. The zero-order valence-corrected chi connectivity index (χ0v) is 17.9. The zero-order valence-electron chi connectivity index (χ0n) is 17.9. The van der Waals surface area contributed by atoms with Gasteiger partial charge in [0, 0.05) is 44.0 Å². The van der Waals surface area contributed by atoms with Gasteiger partial charge in [-0.15, -0.1) is 0 Å². The summed E-state index contributed by atoms with van der Waals surface area (Å²) < 4.78 is 5.58. The van der Waals surface area contributed by atoms with E-state index in [0.717, 1.165) is 43.7 Å². The molecule has 2 aliphatic rings. The number of carbonyl (C=O) groups is 1. The molecule has 0 spiro atoms. The van der Waals surface area contributed by atoms with E-state index < -0.39 is 5.60 Å². The zero-order chi connectivity index (χ0) is 21.3. The first kappa shape index (κ1) is 20.5. The Hall–Kier alpha value is -2.74. The van der Waals surface area contributed by atoms with Gasteiger partial charge < -0.3 is 14.6 Å². The van der Waals surface area contributed by atoms with Crippen LogP contribution in [0.1, 0.15) is 44.9 Å². The lowest BCUT2D eigenvalue weighted by Gasteiger charge is -2.34. The fraction of sp³-hybridized carbons (Fsp3) is 0.545. The fourth-order valence-electron chi connectivity index (χ4n) is 4.16. The molecule has 4 heterocycles. The molecule has 1 N–H and O–H groups in total. The van der Waals surface area contributed by atoms with Gasteiger partial charge in [0.2, 0.25) is 0 Å². The van der Waals surface area contributed by atoms with Gasteiger partial charge in [-0.1, -0.05) is 6.07 Å². The minimum absolute atomic E-state index is 0.0865. The minimum atomic E-state index is -0.499. The molecule has 8 heteroatoms. The highest BCUT2D eigenvalue weighted by atomic mass is 16.6. The van der Waals surface area contributed by atoms with Crippen LogP contribution in [0.25, 0.3) is 11.5 Å². The second-order valence-corrected chi connectivity index (χ2v) is 9.01. The van der Waals surface area contributed by atoms with E-state index in [4.69, 9.17) is 9.72 Å². The third-order valence-electron chi connectivity index (χ3n) is 5.53. The van der Waals surface area contributed by atoms with Gasteiger partial charge in [-0.25, -0.2) is 9.78 Å². The number of aromatic amines is 1. The average molecular weight is 412 g/mol. The summed E-state index contributed by atoms with van der Waals surface area (Å²) in [7, 11) is 0. The van der Waals surface area contributed by atoms with Crippen LogP contribution < -0.4 is 5.56 Å². The van der Waals surface area contributed by atoms with E-state index in [1.807, 2.05) is 43.9 Å². The van der Waals surface area contributed by atoms with E-state index >= 15 is 0 Å². The Balaban J connectivity index is 1.48. The van der Waals surface area contributed by atoms with Crippen LogP contribution in [0, 0.1) is 0 Å². The number of carbonyl (C=O) groups excluding carboxylic acids is 1. The van der Waals surface area contributed by atoms with E-state index in [2.05, 4.69) is 14.9 Å². The van der Waals surface area contributed by atoms with Crippen LogP contribution in [0.4, 0.5) is 4.79 Å². The molecule has 1 amide bonds. The maximum atomic E-state index is 12.6. The highest BCUT2D eigenvalue weighted by molar-refractivity contribution is 5.69. The van der Waals surface area contributed by atoms with Gasteiger partial charge in [-0.3, -0.25) is 14.7 Å². The molecule has 2 aromatic heterocycles. The predicted molar refractivity (Wildman–Crippen MR) is 113 cm³/mol. The van der Waals surface area contributed by atoms with Crippen LogP contribution in [-0.4, -0.2) is 62.1 Å². The fourth-order valence-corrected chi connectivity index (χ4v) is 4.16. The number of likely N-dealkylation sites (tertiary alicyclic amines) is 1. The number of hydrogen-bond acceptors (Lipinski definition) is 6. The first-order chi connectivity index (χ1) is 14.3. The van der Waals surface area contributed by atoms with Crippen LogP contribution in [0.3, 0.4) is 0 Å². The molecule has 1 saturated heterocycles. The number of ether oxygens (including phenoxy) is 1. The largest absolute Gasteiger partial charge is 0.444 e. The third-order valence-corrected chi connectivity index (χ3v) is 5.53. The Labute approximate surface area is 176 Å². The molecule has 4 rings (SSSR count). The Kier molecular flexibility index (Phi) is 5.60. The summed E-state index contributed by atoms with van der Waals surface area (Å²) in [6, 6.07) is 5.67. The quantitative estimate of drug-likeness (QED) is 0.835. The van der Waals surface area contributed by atoms with Crippen molar-refractivity contribution in [2.24, 2.45) is 0 Å². The lowest BCUT2D eigenvalue weighted by molar-refractivity contribution is 0.0191. The standard InChI is InChI=1S/C22H29N5O3/c1-22(2,3)30-21(29)27-11-6-7-15(27)13-26-12-9-16-18(14-26)24-19(25-20(16)28)17-8-4-5-10-23-17/h4-5,8,10,15H,6-7,9,11-14H2,1-3H3,(H,24,25,28). The normalized spacial score (nSPS) is 19.6. The Morgan fingerprint density at radius 3 is 2.87 bits per heavy atom. The second-order valence-electron chi connectivity index (χ2n) is 9.01. The van der Waals surface area contributed by atoms with Crippen molar-refractivity contribution in [3.63, 3.8) is 0 Å². The van der Waals surface area contributed by atoms with E-state index in [1.165, 1.54) is 0 Å². The van der Waals surface area contributed by atoms with Crippen molar-refractivity contribution in [3.8, 4) is 11.5 Å². The molecule has 0 aromatic carbocycles. The third kappa shape index (κ3) is 4.53. The number of amides is 1. The first-order valence-electron chi connectivity index (χ1n) is 10.6. The van der Waals surface area contributed by atoms with Gasteiger partial charge >= 0.3 is 6.09 Å². The van der Waals surface area contributed by atoms with Gasteiger partial charge in [0.1, 0.15) is 11.3 Å². The molecule has 2 aliphatic heterocycles. The van der Waals surface area contributed by atoms with Crippen LogP contribution in [0.5, 0.6) is 0 Å². The van der Waals surface area contributed by atoms with Crippen molar-refractivity contribution in [2.75, 3.05) is 19.6 Å².